The molecule has 4 aromatic carbocycles. The number of fused-ring (bicyclic) bond motifs is 3. The molecule has 5 rings (SSSR count). The van der Waals surface area contributed by atoms with E-state index in [-0.39, 0.29) is 0 Å². The molecule has 0 aliphatic rings. The number of rotatable bonds is 2. The third kappa shape index (κ3) is 2.46. The zero-order valence-corrected chi connectivity index (χ0v) is 15.5. The molecule has 0 fully saturated rings. The summed E-state index contributed by atoms with van der Waals surface area (Å²) in [6, 6.07) is 31.5. The van der Waals surface area contributed by atoms with Crippen molar-refractivity contribution in [2.75, 3.05) is 0 Å². The second kappa shape index (κ2) is 6.15. The first-order valence-electron chi connectivity index (χ1n) is 8.57. The first-order valence-corrected chi connectivity index (χ1v) is 9.36. The molecule has 2 heteroatoms. The lowest BCUT2D eigenvalue weighted by molar-refractivity contribution is 0.670. The molecule has 124 valence electrons. The van der Waals surface area contributed by atoms with Gasteiger partial charge in [0.15, 0.2) is 0 Å². The Labute approximate surface area is 160 Å². The molecule has 0 bridgehead atoms. The topological polar surface area (TPSA) is 13.1 Å². The molecule has 0 aliphatic heterocycles. The van der Waals surface area contributed by atoms with Gasteiger partial charge in [0.05, 0.1) is 0 Å². The van der Waals surface area contributed by atoms with Crippen molar-refractivity contribution in [2.24, 2.45) is 0 Å². The van der Waals surface area contributed by atoms with Gasteiger partial charge in [-0.2, -0.15) is 0 Å². The number of halogens is 1. The Morgan fingerprint density at radius 3 is 2.23 bits per heavy atom. The van der Waals surface area contributed by atoms with E-state index in [2.05, 4.69) is 88.7 Å². The van der Waals surface area contributed by atoms with E-state index in [0.29, 0.717) is 0 Å². The number of para-hydroxylation sites is 2. The van der Waals surface area contributed by atoms with Crippen LogP contribution in [-0.4, -0.2) is 0 Å². The van der Waals surface area contributed by atoms with Crippen molar-refractivity contribution < 1.29 is 4.42 Å². The molecule has 26 heavy (non-hydrogen) atoms. The summed E-state index contributed by atoms with van der Waals surface area (Å²) >= 11 is 3.62. The molecule has 0 amide bonds. The molecule has 0 atom stereocenters. The van der Waals surface area contributed by atoms with Gasteiger partial charge in [-0.25, -0.2) is 0 Å². The zero-order chi connectivity index (χ0) is 17.5. The summed E-state index contributed by atoms with van der Waals surface area (Å²) in [4.78, 5) is 0. The Bertz CT molecular complexity index is 1240. The third-order valence-electron chi connectivity index (χ3n) is 4.76. The van der Waals surface area contributed by atoms with Crippen LogP contribution in [0.4, 0.5) is 0 Å². The fourth-order valence-electron chi connectivity index (χ4n) is 3.57. The van der Waals surface area contributed by atoms with Crippen molar-refractivity contribution in [3.63, 3.8) is 0 Å². The number of furan rings is 1. The average Bonchev–Trinajstić information content (AvgIpc) is 3.08. The maximum atomic E-state index is 6.25. The summed E-state index contributed by atoms with van der Waals surface area (Å²) in [5.74, 6) is 0. The highest BCUT2D eigenvalue weighted by Gasteiger charge is 2.15. The SMILES string of the molecule is Brc1ccc(-c2cccc3c2oc2ccccc23)c(-c2ccccc2)c1. The summed E-state index contributed by atoms with van der Waals surface area (Å²) in [6.07, 6.45) is 0. The molecule has 1 nitrogen and oxygen atoms in total. The van der Waals surface area contributed by atoms with Crippen molar-refractivity contribution in [3.05, 3.63) is 95.5 Å². The van der Waals surface area contributed by atoms with Gasteiger partial charge >= 0.3 is 0 Å². The van der Waals surface area contributed by atoms with Gasteiger partial charge in [0.2, 0.25) is 0 Å². The Hall–Kier alpha value is -2.84. The molecule has 5 aromatic rings. The maximum Gasteiger partial charge on any atom is 0.143 e. The van der Waals surface area contributed by atoms with Crippen LogP contribution < -0.4 is 0 Å². The van der Waals surface area contributed by atoms with Crippen molar-refractivity contribution in [1.29, 1.82) is 0 Å². The van der Waals surface area contributed by atoms with Crippen LogP contribution in [0.15, 0.2) is 99.9 Å². The fourth-order valence-corrected chi connectivity index (χ4v) is 3.93. The molecule has 0 aliphatic carbocycles. The van der Waals surface area contributed by atoms with Gasteiger partial charge in [-0.3, -0.25) is 0 Å². The van der Waals surface area contributed by atoms with Crippen molar-refractivity contribution in [3.8, 4) is 22.3 Å². The molecule has 0 spiro atoms. The highest BCUT2D eigenvalue weighted by Crippen LogP contribution is 2.40. The van der Waals surface area contributed by atoms with Crippen molar-refractivity contribution in [1.82, 2.24) is 0 Å². The maximum absolute atomic E-state index is 6.25. The lowest BCUT2D eigenvalue weighted by atomic mass is 9.93. The molecule has 1 aromatic heterocycles. The Balaban J connectivity index is 1.84. The lowest BCUT2D eigenvalue weighted by Crippen LogP contribution is -1.86. The highest BCUT2D eigenvalue weighted by molar-refractivity contribution is 9.10. The Morgan fingerprint density at radius 1 is 0.577 bits per heavy atom. The number of hydrogen-bond donors (Lipinski definition) is 0. The fraction of sp³-hybridized carbons (Fsp3) is 0. The van der Waals surface area contributed by atoms with E-state index in [0.717, 1.165) is 32.0 Å². The molecule has 0 saturated heterocycles. The van der Waals surface area contributed by atoms with Gasteiger partial charge in [0.25, 0.3) is 0 Å². The minimum atomic E-state index is 0.924. The quantitative estimate of drug-likeness (QED) is 0.297. The standard InChI is InChI=1S/C24H15BrO/c25-17-13-14-18(22(15-17)16-7-2-1-3-8-16)20-10-6-11-21-19-9-4-5-12-23(19)26-24(20)21/h1-15H. The van der Waals surface area contributed by atoms with Crippen LogP contribution in [-0.2, 0) is 0 Å². The van der Waals surface area contributed by atoms with Gasteiger partial charge in [0, 0.05) is 20.8 Å². The van der Waals surface area contributed by atoms with Crippen LogP contribution in [0.2, 0.25) is 0 Å². The van der Waals surface area contributed by atoms with Gasteiger partial charge in [0.1, 0.15) is 11.2 Å². The van der Waals surface area contributed by atoms with E-state index >= 15 is 0 Å². The molecule has 0 radical (unpaired) electrons. The van der Waals surface area contributed by atoms with E-state index in [4.69, 9.17) is 4.42 Å². The summed E-state index contributed by atoms with van der Waals surface area (Å²) in [5.41, 5.74) is 6.53. The third-order valence-corrected chi connectivity index (χ3v) is 5.25. The van der Waals surface area contributed by atoms with Gasteiger partial charge in [-0.05, 0) is 34.9 Å². The highest BCUT2D eigenvalue weighted by atomic mass is 79.9. The molecule has 1 heterocycles. The summed E-state index contributed by atoms with van der Waals surface area (Å²) < 4.78 is 7.31. The minimum absolute atomic E-state index is 0.924. The van der Waals surface area contributed by atoms with Crippen molar-refractivity contribution in [2.45, 2.75) is 0 Å². The van der Waals surface area contributed by atoms with Gasteiger partial charge in [-0.1, -0.05) is 88.7 Å². The minimum Gasteiger partial charge on any atom is -0.455 e. The summed E-state index contributed by atoms with van der Waals surface area (Å²) in [5, 5.41) is 2.31. The van der Waals surface area contributed by atoms with E-state index < -0.39 is 0 Å². The van der Waals surface area contributed by atoms with E-state index in [9.17, 15) is 0 Å². The van der Waals surface area contributed by atoms with Crippen molar-refractivity contribution >= 4 is 37.9 Å². The van der Waals surface area contributed by atoms with Crippen LogP contribution in [0.1, 0.15) is 0 Å². The molecular weight excluding hydrogens is 384 g/mol. The predicted molar refractivity (Wildman–Crippen MR) is 112 cm³/mol. The monoisotopic (exact) mass is 398 g/mol. The van der Waals surface area contributed by atoms with Crippen LogP contribution in [0.3, 0.4) is 0 Å². The largest absolute Gasteiger partial charge is 0.455 e. The zero-order valence-electron chi connectivity index (χ0n) is 13.9. The lowest BCUT2D eigenvalue weighted by Gasteiger charge is -2.11. The Morgan fingerprint density at radius 2 is 1.35 bits per heavy atom. The van der Waals surface area contributed by atoms with Crippen LogP contribution in [0, 0.1) is 0 Å². The smallest absolute Gasteiger partial charge is 0.143 e. The van der Waals surface area contributed by atoms with Crippen LogP contribution in [0.5, 0.6) is 0 Å². The van der Waals surface area contributed by atoms with E-state index in [1.807, 2.05) is 18.2 Å². The second-order valence-electron chi connectivity index (χ2n) is 6.34. The Kier molecular flexibility index (Phi) is 3.65. The first kappa shape index (κ1) is 15.4. The second-order valence-corrected chi connectivity index (χ2v) is 7.25. The van der Waals surface area contributed by atoms with E-state index in [1.165, 1.54) is 16.7 Å². The van der Waals surface area contributed by atoms with Gasteiger partial charge < -0.3 is 4.42 Å². The number of hydrogen-bond acceptors (Lipinski definition) is 1. The van der Waals surface area contributed by atoms with E-state index in [1.54, 1.807) is 0 Å². The van der Waals surface area contributed by atoms with Crippen LogP contribution >= 0.6 is 15.9 Å². The van der Waals surface area contributed by atoms with Gasteiger partial charge in [-0.15, -0.1) is 0 Å². The molecular formula is C24H15BrO. The normalized spacial score (nSPS) is 11.3. The summed E-state index contributed by atoms with van der Waals surface area (Å²) in [6.45, 7) is 0. The summed E-state index contributed by atoms with van der Waals surface area (Å²) in [7, 11) is 0. The molecule has 0 N–H and O–H groups in total. The average molecular weight is 399 g/mol. The molecule has 0 saturated carbocycles. The number of benzene rings is 4. The predicted octanol–water partition coefficient (Wildman–Crippen LogP) is 7.68. The first-order chi connectivity index (χ1) is 12.8. The van der Waals surface area contributed by atoms with Crippen LogP contribution in [0.25, 0.3) is 44.2 Å². The molecule has 0 unspecified atom stereocenters.